The minimum absolute atomic E-state index is 0.0904. The maximum atomic E-state index is 11.4. The second-order valence-corrected chi connectivity index (χ2v) is 8.48. The van der Waals surface area contributed by atoms with Crippen molar-refractivity contribution >= 4 is 15.5 Å². The highest BCUT2D eigenvalue weighted by molar-refractivity contribution is 7.90. The van der Waals surface area contributed by atoms with E-state index in [0.717, 1.165) is 5.69 Å². The highest BCUT2D eigenvalue weighted by Crippen LogP contribution is 2.28. The average Bonchev–Trinajstić information content (AvgIpc) is 2.25. The summed E-state index contributed by atoms with van der Waals surface area (Å²) < 4.78 is 22.7. The van der Waals surface area contributed by atoms with E-state index in [9.17, 15) is 8.42 Å². The largest absolute Gasteiger partial charge is 0.381 e. The molecule has 0 heterocycles. The zero-order valence-electron chi connectivity index (χ0n) is 13.4. The minimum atomic E-state index is -2.96. The summed E-state index contributed by atoms with van der Waals surface area (Å²) >= 11 is 0. The molecule has 0 aliphatic rings. The first kappa shape index (κ1) is 17.0. The Kier molecular flexibility index (Phi) is 5.63. The first-order valence-corrected chi connectivity index (χ1v) is 9.24. The van der Waals surface area contributed by atoms with Gasteiger partial charge in [-0.1, -0.05) is 39.8 Å². The van der Waals surface area contributed by atoms with E-state index in [-0.39, 0.29) is 11.8 Å². The molecule has 1 N–H and O–H groups in total. The highest BCUT2D eigenvalue weighted by atomic mass is 32.2. The van der Waals surface area contributed by atoms with Crippen LogP contribution in [0.2, 0.25) is 0 Å². The third-order valence-electron chi connectivity index (χ3n) is 3.32. The van der Waals surface area contributed by atoms with Gasteiger partial charge in [-0.3, -0.25) is 0 Å². The van der Waals surface area contributed by atoms with Gasteiger partial charge in [-0.2, -0.15) is 0 Å². The molecule has 0 bridgehead atoms. The average molecular weight is 297 g/mol. The lowest BCUT2D eigenvalue weighted by Gasteiger charge is -2.21. The molecule has 0 radical (unpaired) electrons. The van der Waals surface area contributed by atoms with Gasteiger partial charge in [-0.05, 0) is 36.0 Å². The van der Waals surface area contributed by atoms with E-state index in [1.165, 1.54) is 17.4 Å². The molecule has 1 unspecified atom stereocenters. The van der Waals surface area contributed by atoms with Crippen LogP contribution in [0.5, 0.6) is 0 Å². The van der Waals surface area contributed by atoms with Crippen molar-refractivity contribution in [3.05, 3.63) is 29.3 Å². The molecule has 1 rings (SSSR count). The number of anilines is 1. The molecule has 1 atom stereocenters. The topological polar surface area (TPSA) is 46.2 Å². The van der Waals surface area contributed by atoms with Crippen molar-refractivity contribution in [2.24, 2.45) is 0 Å². The molecule has 20 heavy (non-hydrogen) atoms. The van der Waals surface area contributed by atoms with Gasteiger partial charge < -0.3 is 5.32 Å². The van der Waals surface area contributed by atoms with Gasteiger partial charge in [0, 0.05) is 18.0 Å². The summed E-state index contributed by atoms with van der Waals surface area (Å²) in [6.07, 6.45) is 1.27. The van der Waals surface area contributed by atoms with E-state index in [0.29, 0.717) is 11.8 Å². The number of hydrogen-bond donors (Lipinski definition) is 1. The fourth-order valence-electron chi connectivity index (χ4n) is 2.31. The van der Waals surface area contributed by atoms with Crippen LogP contribution in [0.3, 0.4) is 0 Å². The Morgan fingerprint density at radius 3 is 2.10 bits per heavy atom. The van der Waals surface area contributed by atoms with Crippen LogP contribution in [0.4, 0.5) is 5.69 Å². The summed E-state index contributed by atoms with van der Waals surface area (Å²) in [5.74, 6) is 1.05. The Morgan fingerprint density at radius 1 is 1.05 bits per heavy atom. The Labute approximate surface area is 123 Å². The van der Waals surface area contributed by atoms with Crippen LogP contribution in [0, 0.1) is 0 Å². The Morgan fingerprint density at radius 2 is 1.65 bits per heavy atom. The number of rotatable bonds is 6. The van der Waals surface area contributed by atoms with Crippen LogP contribution in [0.15, 0.2) is 18.2 Å². The minimum Gasteiger partial charge on any atom is -0.381 e. The summed E-state index contributed by atoms with van der Waals surface area (Å²) in [5, 5.41) is 3.34. The van der Waals surface area contributed by atoms with Crippen molar-refractivity contribution in [3.63, 3.8) is 0 Å². The molecule has 0 fully saturated rings. The normalized spacial score (nSPS) is 13.8. The lowest BCUT2D eigenvalue weighted by Crippen LogP contribution is -2.25. The highest BCUT2D eigenvalue weighted by Gasteiger charge is 2.14. The molecule has 1 aromatic carbocycles. The number of sulfone groups is 1. The third-order valence-corrected chi connectivity index (χ3v) is 4.42. The van der Waals surface area contributed by atoms with Crippen molar-refractivity contribution in [3.8, 4) is 0 Å². The second kappa shape index (κ2) is 6.61. The van der Waals surface area contributed by atoms with Gasteiger partial charge in [0.1, 0.15) is 9.84 Å². The molecule has 0 saturated heterocycles. The van der Waals surface area contributed by atoms with E-state index in [2.05, 4.69) is 51.2 Å². The van der Waals surface area contributed by atoms with Crippen LogP contribution in [0.25, 0.3) is 0 Å². The number of hydrogen-bond acceptors (Lipinski definition) is 3. The van der Waals surface area contributed by atoms with Gasteiger partial charge in [0.2, 0.25) is 0 Å². The van der Waals surface area contributed by atoms with E-state index in [1.807, 2.05) is 6.92 Å². The summed E-state index contributed by atoms with van der Waals surface area (Å²) in [7, 11) is -2.96. The quantitative estimate of drug-likeness (QED) is 0.869. The van der Waals surface area contributed by atoms with Gasteiger partial charge in [0.15, 0.2) is 0 Å². The smallest absolute Gasteiger partial charge is 0.149 e. The second-order valence-electron chi connectivity index (χ2n) is 6.29. The van der Waals surface area contributed by atoms with E-state index in [4.69, 9.17) is 0 Å². The predicted octanol–water partition coefficient (Wildman–Crippen LogP) is 3.78. The number of benzene rings is 1. The molecule has 0 amide bonds. The Hall–Kier alpha value is -1.03. The van der Waals surface area contributed by atoms with Gasteiger partial charge in [0.05, 0.1) is 5.75 Å². The molecule has 114 valence electrons. The summed E-state index contributed by atoms with van der Waals surface area (Å²) in [4.78, 5) is 0. The van der Waals surface area contributed by atoms with Gasteiger partial charge >= 0.3 is 0 Å². The van der Waals surface area contributed by atoms with Crippen LogP contribution in [0.1, 0.15) is 57.6 Å². The molecule has 3 nitrogen and oxygen atoms in total. The van der Waals surface area contributed by atoms with Crippen molar-refractivity contribution < 1.29 is 8.42 Å². The summed E-state index contributed by atoms with van der Waals surface area (Å²) in [5.41, 5.74) is 3.60. The predicted molar refractivity (Wildman–Crippen MR) is 87.4 cm³/mol. The maximum absolute atomic E-state index is 11.4. The summed E-state index contributed by atoms with van der Waals surface area (Å²) in [6.45, 7) is 10.6. The fraction of sp³-hybridized carbons (Fsp3) is 0.625. The number of nitrogens with one attached hydrogen (secondary N) is 1. The third kappa shape index (κ3) is 5.16. The SMILES string of the molecule is CC(CS(C)(=O)=O)Nc1ccc(C(C)C)cc1C(C)C. The molecular formula is C16H27NO2S. The van der Waals surface area contributed by atoms with E-state index in [1.54, 1.807) is 0 Å². The van der Waals surface area contributed by atoms with Crippen LogP contribution in [-0.4, -0.2) is 26.5 Å². The molecule has 0 aliphatic heterocycles. The molecular weight excluding hydrogens is 270 g/mol. The lowest BCUT2D eigenvalue weighted by atomic mass is 9.94. The fourth-order valence-corrected chi connectivity index (χ4v) is 3.30. The molecule has 4 heteroatoms. The maximum Gasteiger partial charge on any atom is 0.149 e. The summed E-state index contributed by atoms with van der Waals surface area (Å²) in [6, 6.07) is 6.33. The van der Waals surface area contributed by atoms with E-state index >= 15 is 0 Å². The Balaban J connectivity index is 3.00. The van der Waals surface area contributed by atoms with Crippen LogP contribution >= 0.6 is 0 Å². The first-order chi connectivity index (χ1) is 9.10. The molecule has 0 spiro atoms. The Bertz CT molecular complexity index is 548. The first-order valence-electron chi connectivity index (χ1n) is 7.18. The van der Waals surface area contributed by atoms with Crippen LogP contribution < -0.4 is 5.32 Å². The zero-order valence-corrected chi connectivity index (χ0v) is 14.2. The van der Waals surface area contributed by atoms with Crippen LogP contribution in [-0.2, 0) is 9.84 Å². The van der Waals surface area contributed by atoms with Crippen molar-refractivity contribution in [2.45, 2.75) is 52.5 Å². The molecule has 0 saturated carbocycles. The van der Waals surface area contributed by atoms with Gasteiger partial charge in [-0.15, -0.1) is 0 Å². The van der Waals surface area contributed by atoms with Crippen molar-refractivity contribution in [1.29, 1.82) is 0 Å². The lowest BCUT2D eigenvalue weighted by molar-refractivity contribution is 0.598. The molecule has 1 aromatic rings. The van der Waals surface area contributed by atoms with Crippen molar-refractivity contribution in [1.82, 2.24) is 0 Å². The van der Waals surface area contributed by atoms with Gasteiger partial charge in [0.25, 0.3) is 0 Å². The van der Waals surface area contributed by atoms with Crippen molar-refractivity contribution in [2.75, 3.05) is 17.3 Å². The zero-order chi connectivity index (χ0) is 15.5. The van der Waals surface area contributed by atoms with Gasteiger partial charge in [-0.25, -0.2) is 8.42 Å². The molecule has 0 aromatic heterocycles. The molecule has 0 aliphatic carbocycles. The van der Waals surface area contributed by atoms with E-state index < -0.39 is 9.84 Å². The monoisotopic (exact) mass is 297 g/mol. The standard InChI is InChI=1S/C16H27NO2S/c1-11(2)14-7-8-16(15(9-14)12(3)4)17-13(5)10-20(6,18)19/h7-9,11-13,17H,10H2,1-6H3.